The number of hydrogen-bond acceptors (Lipinski definition) is 4. The van der Waals surface area contributed by atoms with E-state index in [9.17, 15) is 0 Å². The van der Waals surface area contributed by atoms with Gasteiger partial charge < -0.3 is 9.32 Å². The third-order valence-electron chi connectivity index (χ3n) is 11.2. The van der Waals surface area contributed by atoms with Crippen molar-refractivity contribution in [3.8, 4) is 33.8 Å². The molecule has 0 radical (unpaired) electrons. The van der Waals surface area contributed by atoms with Crippen LogP contribution < -0.4 is 4.90 Å². The summed E-state index contributed by atoms with van der Waals surface area (Å²) in [5.41, 5.74) is 11.5. The number of para-hydroxylation sites is 2. The van der Waals surface area contributed by atoms with Crippen molar-refractivity contribution in [2.75, 3.05) is 4.90 Å². The quantitative estimate of drug-likeness (QED) is 0.185. The average molecular weight is 688 g/mol. The maximum Gasteiger partial charge on any atom is 0.161 e. The van der Waals surface area contributed by atoms with Crippen molar-refractivity contribution in [2.24, 2.45) is 0 Å². The third-order valence-corrected chi connectivity index (χ3v) is 11.2. The first-order valence-electron chi connectivity index (χ1n) is 18.3. The molecule has 3 heterocycles. The molecule has 1 aliphatic rings. The van der Waals surface area contributed by atoms with E-state index >= 15 is 0 Å². The van der Waals surface area contributed by atoms with E-state index in [4.69, 9.17) is 14.4 Å². The van der Waals surface area contributed by atoms with Crippen LogP contribution in [0.3, 0.4) is 0 Å². The van der Waals surface area contributed by atoms with E-state index in [0.717, 1.165) is 66.1 Å². The highest BCUT2D eigenvalue weighted by Crippen LogP contribution is 2.53. The van der Waals surface area contributed by atoms with Gasteiger partial charge in [-0.3, -0.25) is 0 Å². The Morgan fingerprint density at radius 2 is 1.04 bits per heavy atom. The van der Waals surface area contributed by atoms with Gasteiger partial charge in [0.25, 0.3) is 0 Å². The van der Waals surface area contributed by atoms with Gasteiger partial charge in [0.1, 0.15) is 11.2 Å². The molecule has 54 heavy (non-hydrogen) atoms. The molecule has 0 amide bonds. The molecule has 4 heteroatoms. The van der Waals surface area contributed by atoms with Gasteiger partial charge in [-0.25, -0.2) is 9.97 Å². The fraction of sp³-hybridized carbons (Fsp3) is 0. The molecule has 12 rings (SSSR count). The lowest BCUT2D eigenvalue weighted by atomic mass is 9.88. The number of aromatic nitrogens is 2. The standard InChI is InChI=1S/C50H29N3O/c1-2-13-32-29-44-40(28-31(32)12-1)35-20-9-14-30-15-10-23-43(47(30)35)53(44)42-27-26-36(33-16-3-4-17-34(33)42)50-51-41-22-7-5-18-37(41)49(52-50)39-21-11-25-46-48(39)38-19-6-8-24-45(38)54-46/h1-29H. The van der Waals surface area contributed by atoms with Crippen LogP contribution in [-0.2, 0) is 0 Å². The zero-order valence-corrected chi connectivity index (χ0v) is 29.0. The molecule has 0 atom stereocenters. The van der Waals surface area contributed by atoms with E-state index in [-0.39, 0.29) is 0 Å². The monoisotopic (exact) mass is 687 g/mol. The smallest absolute Gasteiger partial charge is 0.161 e. The summed E-state index contributed by atoms with van der Waals surface area (Å²) in [6.45, 7) is 0. The highest BCUT2D eigenvalue weighted by molar-refractivity contribution is 6.19. The Balaban J connectivity index is 1.12. The first-order valence-corrected chi connectivity index (χ1v) is 18.3. The molecule has 2 aromatic heterocycles. The van der Waals surface area contributed by atoms with Crippen LogP contribution in [0.1, 0.15) is 0 Å². The van der Waals surface area contributed by atoms with Gasteiger partial charge in [-0.2, -0.15) is 0 Å². The lowest BCUT2D eigenvalue weighted by molar-refractivity contribution is 0.669. The summed E-state index contributed by atoms with van der Waals surface area (Å²) in [5.74, 6) is 0.689. The van der Waals surface area contributed by atoms with Crippen LogP contribution in [0.5, 0.6) is 0 Å². The number of anilines is 3. The minimum Gasteiger partial charge on any atom is -0.456 e. The van der Waals surface area contributed by atoms with Crippen molar-refractivity contribution in [2.45, 2.75) is 0 Å². The van der Waals surface area contributed by atoms with E-state index in [1.807, 2.05) is 24.3 Å². The zero-order valence-electron chi connectivity index (χ0n) is 29.0. The summed E-state index contributed by atoms with van der Waals surface area (Å²) in [6, 6.07) is 62.6. The number of benzene rings is 9. The topological polar surface area (TPSA) is 42.2 Å². The van der Waals surface area contributed by atoms with Crippen LogP contribution in [-0.4, -0.2) is 9.97 Å². The SMILES string of the molecule is c1ccc2cc3c(cc2c1)-c1cccc2cccc(c12)N3c1ccc(-c2nc(-c3cccc4oc5ccccc5c34)c3ccccc3n2)c2ccccc12. The summed E-state index contributed by atoms with van der Waals surface area (Å²) < 4.78 is 6.31. The molecule has 0 spiro atoms. The third kappa shape index (κ3) is 4.13. The Hall–Kier alpha value is -7.30. The molecule has 1 aliphatic heterocycles. The van der Waals surface area contributed by atoms with Crippen LogP contribution in [0.25, 0.3) is 98.9 Å². The van der Waals surface area contributed by atoms with Crippen molar-refractivity contribution in [3.05, 3.63) is 176 Å². The van der Waals surface area contributed by atoms with Gasteiger partial charge in [-0.05, 0) is 75.6 Å². The minimum atomic E-state index is 0.689. The van der Waals surface area contributed by atoms with Crippen LogP contribution in [0.15, 0.2) is 180 Å². The predicted molar refractivity (Wildman–Crippen MR) is 224 cm³/mol. The van der Waals surface area contributed by atoms with Gasteiger partial charge in [-0.15, -0.1) is 0 Å². The van der Waals surface area contributed by atoms with E-state index in [1.54, 1.807) is 0 Å². The largest absolute Gasteiger partial charge is 0.456 e. The first-order chi connectivity index (χ1) is 26.8. The number of hydrogen-bond donors (Lipinski definition) is 0. The highest BCUT2D eigenvalue weighted by atomic mass is 16.3. The van der Waals surface area contributed by atoms with E-state index < -0.39 is 0 Å². The van der Waals surface area contributed by atoms with Crippen LogP contribution >= 0.6 is 0 Å². The summed E-state index contributed by atoms with van der Waals surface area (Å²) in [7, 11) is 0. The van der Waals surface area contributed by atoms with Crippen molar-refractivity contribution >= 4 is 82.2 Å². The van der Waals surface area contributed by atoms with Gasteiger partial charge in [0.2, 0.25) is 0 Å². The van der Waals surface area contributed by atoms with Crippen LogP contribution in [0.4, 0.5) is 17.1 Å². The molecule has 0 saturated carbocycles. The number of nitrogens with zero attached hydrogens (tertiary/aromatic N) is 3. The molecule has 9 aromatic carbocycles. The second kappa shape index (κ2) is 11.1. The maximum atomic E-state index is 6.31. The van der Waals surface area contributed by atoms with Gasteiger partial charge in [0, 0.05) is 43.6 Å². The van der Waals surface area contributed by atoms with E-state index in [1.165, 1.54) is 44.0 Å². The molecule has 0 aliphatic carbocycles. The summed E-state index contributed by atoms with van der Waals surface area (Å²) in [6.07, 6.45) is 0. The second-order valence-corrected chi connectivity index (χ2v) is 14.1. The molecule has 0 bridgehead atoms. The summed E-state index contributed by atoms with van der Waals surface area (Å²) in [5, 5.41) is 10.3. The fourth-order valence-electron chi connectivity index (χ4n) is 8.80. The predicted octanol–water partition coefficient (Wildman–Crippen LogP) is 13.8. The van der Waals surface area contributed by atoms with Crippen molar-refractivity contribution in [1.82, 2.24) is 9.97 Å². The Kier molecular flexibility index (Phi) is 6.02. The molecular formula is C50H29N3O. The van der Waals surface area contributed by atoms with Gasteiger partial charge in [-0.1, -0.05) is 127 Å². The second-order valence-electron chi connectivity index (χ2n) is 14.1. The van der Waals surface area contributed by atoms with Crippen molar-refractivity contribution in [3.63, 3.8) is 0 Å². The van der Waals surface area contributed by atoms with Crippen molar-refractivity contribution in [1.29, 1.82) is 0 Å². The average Bonchev–Trinajstić information content (AvgIpc) is 3.62. The van der Waals surface area contributed by atoms with E-state index in [2.05, 4.69) is 157 Å². The van der Waals surface area contributed by atoms with Crippen LogP contribution in [0, 0.1) is 0 Å². The lowest BCUT2D eigenvalue weighted by Gasteiger charge is -2.34. The molecular weight excluding hydrogens is 659 g/mol. The number of rotatable bonds is 3. The number of furan rings is 1. The molecule has 0 fully saturated rings. The highest BCUT2D eigenvalue weighted by Gasteiger charge is 2.28. The van der Waals surface area contributed by atoms with Gasteiger partial charge >= 0.3 is 0 Å². The zero-order chi connectivity index (χ0) is 35.3. The molecule has 11 aromatic rings. The molecule has 0 N–H and O–H groups in total. The first kappa shape index (κ1) is 29.3. The lowest BCUT2D eigenvalue weighted by Crippen LogP contribution is -2.15. The molecule has 4 nitrogen and oxygen atoms in total. The van der Waals surface area contributed by atoms with Gasteiger partial charge in [0.05, 0.1) is 28.3 Å². The van der Waals surface area contributed by atoms with Crippen LogP contribution in [0.2, 0.25) is 0 Å². The maximum absolute atomic E-state index is 6.31. The summed E-state index contributed by atoms with van der Waals surface area (Å²) in [4.78, 5) is 13.1. The van der Waals surface area contributed by atoms with Crippen molar-refractivity contribution < 1.29 is 4.42 Å². The Morgan fingerprint density at radius 1 is 0.370 bits per heavy atom. The summed E-state index contributed by atoms with van der Waals surface area (Å²) >= 11 is 0. The Morgan fingerprint density at radius 3 is 1.93 bits per heavy atom. The minimum absolute atomic E-state index is 0.689. The van der Waals surface area contributed by atoms with E-state index in [0.29, 0.717) is 5.82 Å². The number of fused-ring (bicyclic) bond motifs is 8. The Labute approximate surface area is 310 Å². The Bertz CT molecular complexity index is 3350. The normalized spacial score (nSPS) is 12.4. The fourth-order valence-corrected chi connectivity index (χ4v) is 8.80. The molecule has 250 valence electrons. The van der Waals surface area contributed by atoms with Gasteiger partial charge in [0.15, 0.2) is 5.82 Å². The molecule has 0 saturated heterocycles. The molecule has 0 unspecified atom stereocenters.